The minimum absolute atomic E-state index is 0.141. The van der Waals surface area contributed by atoms with Crippen LogP contribution in [0.5, 0.6) is 17.4 Å². The van der Waals surface area contributed by atoms with Crippen LogP contribution >= 0.6 is 0 Å². The third-order valence-electron chi connectivity index (χ3n) is 5.96. The SMILES string of the molecule is COc1cccc(-c2nccc(C3CCCN3C(=O)c3cccnc3Oc3ccc(C)nc3)n2)c1. The number of nitrogens with zero attached hydrogens (tertiary/aromatic N) is 5. The molecule has 1 aliphatic heterocycles. The van der Waals surface area contributed by atoms with Crippen molar-refractivity contribution in [2.45, 2.75) is 25.8 Å². The van der Waals surface area contributed by atoms with Gasteiger partial charge in [-0.1, -0.05) is 12.1 Å². The molecule has 1 atom stereocenters. The lowest BCUT2D eigenvalue weighted by Crippen LogP contribution is -2.31. The van der Waals surface area contributed by atoms with Crippen LogP contribution in [0.15, 0.2) is 73.2 Å². The first-order valence-electron chi connectivity index (χ1n) is 11.5. The lowest BCUT2D eigenvalue weighted by molar-refractivity contribution is 0.0729. The molecule has 0 N–H and O–H groups in total. The van der Waals surface area contributed by atoms with Crippen molar-refractivity contribution < 1.29 is 14.3 Å². The van der Waals surface area contributed by atoms with Crippen LogP contribution in [0.25, 0.3) is 11.4 Å². The molecule has 1 amide bonds. The molecule has 4 aromatic rings. The van der Waals surface area contributed by atoms with Crippen LogP contribution < -0.4 is 9.47 Å². The number of amides is 1. The van der Waals surface area contributed by atoms with Gasteiger partial charge in [-0.2, -0.15) is 0 Å². The molecule has 0 spiro atoms. The quantitative estimate of drug-likeness (QED) is 0.393. The van der Waals surface area contributed by atoms with E-state index in [0.29, 0.717) is 23.7 Å². The highest BCUT2D eigenvalue weighted by atomic mass is 16.5. The maximum atomic E-state index is 13.7. The van der Waals surface area contributed by atoms with E-state index in [1.54, 1.807) is 37.8 Å². The molecule has 3 aromatic heterocycles. The fourth-order valence-electron chi connectivity index (χ4n) is 4.19. The summed E-state index contributed by atoms with van der Waals surface area (Å²) in [7, 11) is 1.63. The van der Waals surface area contributed by atoms with Crippen molar-refractivity contribution in [2.75, 3.05) is 13.7 Å². The van der Waals surface area contributed by atoms with E-state index in [0.717, 1.165) is 35.5 Å². The smallest absolute Gasteiger partial charge is 0.259 e. The summed E-state index contributed by atoms with van der Waals surface area (Å²) in [6.07, 6.45) is 6.67. The molecular formula is C27H25N5O3. The molecule has 0 saturated carbocycles. The summed E-state index contributed by atoms with van der Waals surface area (Å²) >= 11 is 0. The maximum absolute atomic E-state index is 13.7. The van der Waals surface area contributed by atoms with E-state index in [9.17, 15) is 4.79 Å². The summed E-state index contributed by atoms with van der Waals surface area (Å²) < 4.78 is 11.3. The highest BCUT2D eigenvalue weighted by Gasteiger charge is 2.33. The number of pyridine rings is 2. The summed E-state index contributed by atoms with van der Waals surface area (Å²) in [6, 6.07) is 16.5. The number of aryl methyl sites for hydroxylation is 1. The van der Waals surface area contributed by atoms with E-state index in [-0.39, 0.29) is 17.8 Å². The Morgan fingerprint density at radius 2 is 1.91 bits per heavy atom. The van der Waals surface area contributed by atoms with Crippen LogP contribution in [0, 0.1) is 6.92 Å². The Hall–Kier alpha value is -4.33. The van der Waals surface area contributed by atoms with Crippen LogP contribution in [-0.2, 0) is 0 Å². The van der Waals surface area contributed by atoms with Gasteiger partial charge in [0.1, 0.15) is 17.1 Å². The molecule has 1 aliphatic rings. The van der Waals surface area contributed by atoms with Gasteiger partial charge in [0.15, 0.2) is 5.82 Å². The average molecular weight is 468 g/mol. The van der Waals surface area contributed by atoms with Gasteiger partial charge in [0.2, 0.25) is 5.88 Å². The predicted molar refractivity (Wildman–Crippen MR) is 130 cm³/mol. The highest BCUT2D eigenvalue weighted by molar-refractivity contribution is 5.96. The van der Waals surface area contributed by atoms with E-state index in [1.807, 2.05) is 54.3 Å². The van der Waals surface area contributed by atoms with Crippen LogP contribution in [0.1, 0.15) is 40.6 Å². The van der Waals surface area contributed by atoms with Crippen molar-refractivity contribution in [3.8, 4) is 28.8 Å². The second-order valence-corrected chi connectivity index (χ2v) is 8.29. The Kier molecular flexibility index (Phi) is 6.34. The number of aromatic nitrogens is 4. The van der Waals surface area contributed by atoms with Gasteiger partial charge >= 0.3 is 0 Å². The van der Waals surface area contributed by atoms with Crippen LogP contribution in [-0.4, -0.2) is 44.4 Å². The van der Waals surface area contributed by atoms with Crippen molar-refractivity contribution >= 4 is 5.91 Å². The molecule has 1 fully saturated rings. The van der Waals surface area contributed by atoms with Gasteiger partial charge in [-0.25, -0.2) is 15.0 Å². The summed E-state index contributed by atoms with van der Waals surface area (Å²) in [5.74, 6) is 1.98. The zero-order valence-corrected chi connectivity index (χ0v) is 19.6. The van der Waals surface area contributed by atoms with Crippen molar-refractivity contribution in [3.63, 3.8) is 0 Å². The largest absolute Gasteiger partial charge is 0.497 e. The Morgan fingerprint density at radius 3 is 2.74 bits per heavy atom. The monoisotopic (exact) mass is 467 g/mol. The normalized spacial score (nSPS) is 15.1. The molecule has 8 heteroatoms. The van der Waals surface area contributed by atoms with Gasteiger partial charge < -0.3 is 14.4 Å². The Morgan fingerprint density at radius 1 is 1.00 bits per heavy atom. The Labute approximate surface area is 203 Å². The predicted octanol–water partition coefficient (Wildman–Crippen LogP) is 5.02. The standard InChI is InChI=1S/C27H25N5O3/c1-18-10-11-21(17-30-18)35-26-22(8-4-13-29-26)27(33)32-15-5-9-24(32)23-12-14-28-25(31-23)19-6-3-7-20(16-19)34-2/h3-4,6-8,10-14,16-17,24H,5,9,15H2,1-2H3. The summed E-state index contributed by atoms with van der Waals surface area (Å²) in [5, 5.41) is 0. The van der Waals surface area contributed by atoms with E-state index in [4.69, 9.17) is 14.5 Å². The molecule has 0 bridgehead atoms. The molecule has 35 heavy (non-hydrogen) atoms. The molecule has 8 nitrogen and oxygen atoms in total. The first kappa shape index (κ1) is 22.5. The molecule has 176 valence electrons. The number of benzene rings is 1. The van der Waals surface area contributed by atoms with Crippen LogP contribution in [0.4, 0.5) is 0 Å². The highest BCUT2D eigenvalue weighted by Crippen LogP contribution is 2.34. The molecule has 0 radical (unpaired) electrons. The lowest BCUT2D eigenvalue weighted by Gasteiger charge is -2.25. The molecular weight excluding hydrogens is 442 g/mol. The van der Waals surface area contributed by atoms with Gasteiger partial charge in [0.25, 0.3) is 5.91 Å². The van der Waals surface area contributed by atoms with Crippen molar-refractivity contribution in [3.05, 3.63) is 90.1 Å². The number of carbonyl (C=O) groups excluding carboxylic acids is 1. The third kappa shape index (κ3) is 4.82. The zero-order valence-electron chi connectivity index (χ0n) is 19.6. The lowest BCUT2D eigenvalue weighted by atomic mass is 10.1. The fourth-order valence-corrected chi connectivity index (χ4v) is 4.19. The van der Waals surface area contributed by atoms with Crippen molar-refractivity contribution in [2.24, 2.45) is 0 Å². The maximum Gasteiger partial charge on any atom is 0.259 e. The number of likely N-dealkylation sites (tertiary alicyclic amines) is 1. The first-order valence-corrected chi connectivity index (χ1v) is 11.5. The average Bonchev–Trinajstić information content (AvgIpc) is 3.40. The van der Waals surface area contributed by atoms with Crippen LogP contribution in [0.3, 0.4) is 0 Å². The van der Waals surface area contributed by atoms with Gasteiger partial charge in [-0.15, -0.1) is 0 Å². The second kappa shape index (κ2) is 9.89. The van der Waals surface area contributed by atoms with Gasteiger partial charge in [0.05, 0.1) is 25.0 Å². The van der Waals surface area contributed by atoms with Gasteiger partial charge in [-0.3, -0.25) is 9.78 Å². The van der Waals surface area contributed by atoms with Gasteiger partial charge in [0, 0.05) is 30.2 Å². The number of ether oxygens (including phenoxy) is 2. The minimum atomic E-state index is -0.163. The number of methoxy groups -OCH3 is 1. The van der Waals surface area contributed by atoms with Crippen molar-refractivity contribution in [1.82, 2.24) is 24.8 Å². The van der Waals surface area contributed by atoms with E-state index < -0.39 is 0 Å². The first-order chi connectivity index (χ1) is 17.1. The molecule has 5 rings (SSSR count). The van der Waals surface area contributed by atoms with Crippen LogP contribution in [0.2, 0.25) is 0 Å². The molecule has 1 unspecified atom stereocenters. The zero-order chi connectivity index (χ0) is 24.2. The number of rotatable bonds is 6. The Bertz CT molecular complexity index is 1340. The van der Waals surface area contributed by atoms with E-state index in [2.05, 4.69) is 15.0 Å². The number of hydrogen-bond acceptors (Lipinski definition) is 7. The minimum Gasteiger partial charge on any atom is -0.497 e. The number of carbonyl (C=O) groups is 1. The van der Waals surface area contributed by atoms with E-state index >= 15 is 0 Å². The summed E-state index contributed by atoms with van der Waals surface area (Å²) in [6.45, 7) is 2.53. The van der Waals surface area contributed by atoms with Crippen molar-refractivity contribution in [1.29, 1.82) is 0 Å². The molecule has 0 aliphatic carbocycles. The molecule has 4 heterocycles. The van der Waals surface area contributed by atoms with E-state index in [1.165, 1.54) is 0 Å². The second-order valence-electron chi connectivity index (χ2n) is 8.29. The number of hydrogen-bond donors (Lipinski definition) is 0. The topological polar surface area (TPSA) is 90.3 Å². The summed E-state index contributed by atoms with van der Waals surface area (Å²) in [4.78, 5) is 33.3. The molecule has 1 aromatic carbocycles. The summed E-state index contributed by atoms with van der Waals surface area (Å²) in [5.41, 5.74) is 2.95. The third-order valence-corrected chi connectivity index (χ3v) is 5.96. The van der Waals surface area contributed by atoms with Gasteiger partial charge in [-0.05, 0) is 62.2 Å². The Balaban J connectivity index is 1.42. The fraction of sp³-hybridized carbons (Fsp3) is 0.222. The molecule has 1 saturated heterocycles.